The number of carbonyl (C=O) groups excluding carboxylic acids is 1. The number of hydrogen-bond acceptors (Lipinski definition) is 3. The summed E-state index contributed by atoms with van der Waals surface area (Å²) in [4.78, 5) is 18.1. The zero-order valence-electron chi connectivity index (χ0n) is 10.4. The Hall–Kier alpha value is -1.22. The Morgan fingerprint density at radius 3 is 2.65 bits per heavy atom. The summed E-state index contributed by atoms with van der Waals surface area (Å²) in [5.41, 5.74) is 1.21. The highest BCUT2D eigenvalue weighted by molar-refractivity contribution is 5.83. The summed E-state index contributed by atoms with van der Waals surface area (Å²) in [6.45, 7) is 1.40. The molecule has 0 atom stereocenters. The van der Waals surface area contributed by atoms with Crippen LogP contribution in [-0.4, -0.2) is 29.3 Å². The van der Waals surface area contributed by atoms with E-state index in [1.54, 1.807) is 12.4 Å². The van der Waals surface area contributed by atoms with Gasteiger partial charge in [0.25, 0.3) is 0 Å². The summed E-state index contributed by atoms with van der Waals surface area (Å²) in [6, 6.07) is 3.99. The van der Waals surface area contributed by atoms with Crippen LogP contribution in [0.5, 0.6) is 0 Å². The first-order valence-electron chi connectivity index (χ1n) is 6.36. The minimum absolute atomic E-state index is 0.329. The molecule has 1 saturated carbocycles. The monoisotopic (exact) mass is 232 g/mol. The van der Waals surface area contributed by atoms with Crippen molar-refractivity contribution in [3.05, 3.63) is 30.1 Å². The maximum Gasteiger partial charge on any atom is 0.149 e. The van der Waals surface area contributed by atoms with Crippen molar-refractivity contribution in [1.29, 1.82) is 0 Å². The number of likely N-dealkylation sites (N-methyl/N-ethyl adjacent to an activating group) is 1. The van der Waals surface area contributed by atoms with Gasteiger partial charge in [-0.25, -0.2) is 0 Å². The Morgan fingerprint density at radius 2 is 2.00 bits per heavy atom. The summed E-state index contributed by atoms with van der Waals surface area (Å²) in [7, 11) is 2.01. The average molecular weight is 232 g/mol. The number of carbonyl (C=O) groups is 1. The molecule has 0 amide bonds. The highest BCUT2D eigenvalue weighted by Crippen LogP contribution is 2.25. The second kappa shape index (κ2) is 5.92. The molecule has 3 heteroatoms. The maximum atomic E-state index is 12.0. The van der Waals surface area contributed by atoms with Gasteiger partial charge in [0.05, 0.1) is 6.54 Å². The summed E-state index contributed by atoms with van der Waals surface area (Å²) in [6.07, 6.45) is 8.24. The molecule has 0 bridgehead atoms. The predicted molar refractivity (Wildman–Crippen MR) is 67.5 cm³/mol. The highest BCUT2D eigenvalue weighted by Gasteiger charge is 2.23. The highest BCUT2D eigenvalue weighted by atomic mass is 16.1. The largest absolute Gasteiger partial charge is 0.298 e. The van der Waals surface area contributed by atoms with E-state index in [-0.39, 0.29) is 0 Å². The molecule has 0 saturated heterocycles. The van der Waals surface area contributed by atoms with Crippen LogP contribution in [0.1, 0.15) is 31.2 Å². The first-order chi connectivity index (χ1) is 8.25. The molecule has 1 aromatic heterocycles. The molecule has 0 aliphatic heterocycles. The van der Waals surface area contributed by atoms with Crippen molar-refractivity contribution in [3.63, 3.8) is 0 Å². The van der Waals surface area contributed by atoms with E-state index in [4.69, 9.17) is 0 Å². The van der Waals surface area contributed by atoms with E-state index in [9.17, 15) is 4.79 Å². The summed E-state index contributed by atoms with van der Waals surface area (Å²) < 4.78 is 0. The number of rotatable bonds is 5. The van der Waals surface area contributed by atoms with Gasteiger partial charge in [0.1, 0.15) is 5.78 Å². The number of ketones is 1. The Bertz CT molecular complexity index is 358. The van der Waals surface area contributed by atoms with Gasteiger partial charge in [-0.05, 0) is 37.6 Å². The fourth-order valence-corrected chi connectivity index (χ4v) is 2.50. The lowest BCUT2D eigenvalue weighted by Gasteiger charge is -2.17. The van der Waals surface area contributed by atoms with E-state index >= 15 is 0 Å². The van der Waals surface area contributed by atoms with Gasteiger partial charge in [0.2, 0.25) is 0 Å². The molecule has 0 radical (unpaired) electrons. The van der Waals surface area contributed by atoms with Crippen LogP contribution in [0.15, 0.2) is 24.5 Å². The summed E-state index contributed by atoms with van der Waals surface area (Å²) in [5, 5.41) is 0. The zero-order valence-corrected chi connectivity index (χ0v) is 10.4. The van der Waals surface area contributed by atoms with Crippen molar-refractivity contribution >= 4 is 5.78 Å². The lowest BCUT2D eigenvalue weighted by atomic mass is 10.0. The van der Waals surface area contributed by atoms with Crippen molar-refractivity contribution < 1.29 is 4.79 Å². The first-order valence-corrected chi connectivity index (χ1v) is 6.36. The molecule has 1 aliphatic carbocycles. The van der Waals surface area contributed by atoms with Gasteiger partial charge in [-0.1, -0.05) is 12.8 Å². The van der Waals surface area contributed by atoms with Crippen LogP contribution in [0.4, 0.5) is 0 Å². The molecule has 0 N–H and O–H groups in total. The van der Waals surface area contributed by atoms with Gasteiger partial charge < -0.3 is 0 Å². The van der Waals surface area contributed by atoms with Crippen molar-refractivity contribution in [3.8, 4) is 0 Å². The average Bonchev–Trinajstić information content (AvgIpc) is 2.83. The minimum atomic E-state index is 0.329. The normalized spacial score (nSPS) is 16.6. The Morgan fingerprint density at radius 1 is 1.35 bits per heavy atom. The quantitative estimate of drug-likeness (QED) is 0.781. The van der Waals surface area contributed by atoms with Gasteiger partial charge in [0.15, 0.2) is 0 Å². The van der Waals surface area contributed by atoms with E-state index in [0.717, 1.165) is 19.4 Å². The van der Waals surface area contributed by atoms with Gasteiger partial charge in [-0.3, -0.25) is 14.7 Å². The molecular formula is C14H20N2O. The van der Waals surface area contributed by atoms with Crippen LogP contribution in [0.2, 0.25) is 0 Å². The molecule has 1 heterocycles. The molecule has 1 aromatic rings. The Labute approximate surface area is 103 Å². The number of nitrogens with zero attached hydrogens (tertiary/aromatic N) is 2. The van der Waals surface area contributed by atoms with Crippen LogP contribution >= 0.6 is 0 Å². The van der Waals surface area contributed by atoms with Crippen molar-refractivity contribution in [1.82, 2.24) is 9.88 Å². The zero-order chi connectivity index (χ0) is 12.1. The minimum Gasteiger partial charge on any atom is -0.298 e. The van der Waals surface area contributed by atoms with Gasteiger partial charge in [0, 0.05) is 24.9 Å². The van der Waals surface area contributed by atoms with Crippen LogP contribution in [0, 0.1) is 5.92 Å². The standard InChI is InChI=1S/C14H20N2O/c1-16(10-12-6-8-15-9-7-12)11-14(17)13-4-2-3-5-13/h6-9,13H,2-5,10-11H2,1H3. The molecule has 17 heavy (non-hydrogen) atoms. The predicted octanol–water partition coefficient (Wildman–Crippen LogP) is 2.27. The first kappa shape index (κ1) is 12.2. The molecule has 3 nitrogen and oxygen atoms in total. The SMILES string of the molecule is CN(CC(=O)C1CCCC1)Cc1ccncc1. The molecule has 0 aromatic carbocycles. The van der Waals surface area contributed by atoms with Crippen LogP contribution in [0.3, 0.4) is 0 Å². The molecule has 92 valence electrons. The van der Waals surface area contributed by atoms with Gasteiger partial charge >= 0.3 is 0 Å². The lowest BCUT2D eigenvalue weighted by molar-refractivity contribution is -0.123. The summed E-state index contributed by atoms with van der Waals surface area (Å²) in [5.74, 6) is 0.744. The third-order valence-electron chi connectivity index (χ3n) is 3.44. The number of hydrogen-bond donors (Lipinski definition) is 0. The fraction of sp³-hybridized carbons (Fsp3) is 0.571. The molecular weight excluding hydrogens is 212 g/mol. The van der Waals surface area contributed by atoms with Crippen LogP contribution in [-0.2, 0) is 11.3 Å². The number of aromatic nitrogens is 1. The van der Waals surface area contributed by atoms with E-state index < -0.39 is 0 Å². The van der Waals surface area contributed by atoms with Crippen molar-refractivity contribution in [2.75, 3.05) is 13.6 Å². The van der Waals surface area contributed by atoms with E-state index in [1.807, 2.05) is 19.2 Å². The molecule has 1 fully saturated rings. The summed E-state index contributed by atoms with van der Waals surface area (Å²) >= 11 is 0. The molecule has 0 spiro atoms. The van der Waals surface area contributed by atoms with Crippen molar-refractivity contribution in [2.24, 2.45) is 5.92 Å². The van der Waals surface area contributed by atoms with Crippen LogP contribution < -0.4 is 0 Å². The van der Waals surface area contributed by atoms with E-state index in [1.165, 1.54) is 18.4 Å². The molecule has 2 rings (SSSR count). The third kappa shape index (κ3) is 3.63. The third-order valence-corrected chi connectivity index (χ3v) is 3.44. The van der Waals surface area contributed by atoms with Gasteiger partial charge in [-0.15, -0.1) is 0 Å². The number of Topliss-reactive ketones (excluding diaryl/α,β-unsaturated/α-hetero) is 1. The topological polar surface area (TPSA) is 33.2 Å². The molecule has 1 aliphatic rings. The fourth-order valence-electron chi connectivity index (χ4n) is 2.50. The maximum absolute atomic E-state index is 12.0. The lowest BCUT2D eigenvalue weighted by Crippen LogP contribution is -2.29. The van der Waals surface area contributed by atoms with Gasteiger partial charge in [-0.2, -0.15) is 0 Å². The Kier molecular flexibility index (Phi) is 4.26. The van der Waals surface area contributed by atoms with Crippen molar-refractivity contribution in [2.45, 2.75) is 32.2 Å². The second-order valence-electron chi connectivity index (χ2n) is 4.98. The van der Waals surface area contributed by atoms with Crippen LogP contribution in [0.25, 0.3) is 0 Å². The number of pyridine rings is 1. The second-order valence-corrected chi connectivity index (χ2v) is 4.98. The smallest absolute Gasteiger partial charge is 0.149 e. The molecule has 0 unspecified atom stereocenters. The Balaban J connectivity index is 1.80. The van der Waals surface area contributed by atoms with E-state index in [0.29, 0.717) is 18.2 Å². The van der Waals surface area contributed by atoms with E-state index in [2.05, 4.69) is 9.88 Å².